The molecule has 0 saturated heterocycles. The monoisotopic (exact) mass is 392 g/mol. The first-order valence-corrected chi connectivity index (χ1v) is 10.1. The summed E-state index contributed by atoms with van der Waals surface area (Å²) < 4.78 is 0. The number of hydrogen-bond donors (Lipinski definition) is 3. The number of rotatable bonds is 7. The molecule has 0 bridgehead atoms. The van der Waals surface area contributed by atoms with Gasteiger partial charge in [0.2, 0.25) is 5.91 Å². The number of carbonyl (C=O) groups excluding carboxylic acids is 2. The highest BCUT2D eigenvalue weighted by atomic mass is 32.1. The van der Waals surface area contributed by atoms with Crippen molar-refractivity contribution in [1.82, 2.24) is 10.3 Å². The van der Waals surface area contributed by atoms with Gasteiger partial charge in [0.1, 0.15) is 5.01 Å². The smallest absolute Gasteiger partial charge is 0.217 e. The second kappa shape index (κ2) is 9.39. The van der Waals surface area contributed by atoms with Crippen LogP contribution in [0.3, 0.4) is 0 Å². The fraction of sp³-hybridized carbons (Fsp3) is 0.550. The van der Waals surface area contributed by atoms with E-state index in [0.717, 1.165) is 10.7 Å². The Bertz CT molecular complexity index is 723. The lowest BCUT2D eigenvalue weighted by atomic mass is 9.73. The SMILES string of the molecule is CC(=O)NC(C)c1nc(C=CC=CC(=O)CC2CC(O)CCC2(C)O)cs1. The van der Waals surface area contributed by atoms with E-state index in [1.807, 2.05) is 12.3 Å². The van der Waals surface area contributed by atoms with Gasteiger partial charge < -0.3 is 15.5 Å². The number of nitrogens with zero attached hydrogens (tertiary/aromatic N) is 1. The number of nitrogens with one attached hydrogen (secondary N) is 1. The van der Waals surface area contributed by atoms with Gasteiger partial charge in [-0.25, -0.2) is 4.98 Å². The predicted molar refractivity (Wildman–Crippen MR) is 106 cm³/mol. The van der Waals surface area contributed by atoms with Gasteiger partial charge in [-0.3, -0.25) is 9.59 Å². The summed E-state index contributed by atoms with van der Waals surface area (Å²) in [6, 6.07) is -0.134. The number of allylic oxidation sites excluding steroid dienone is 3. The summed E-state index contributed by atoms with van der Waals surface area (Å²) in [4.78, 5) is 27.7. The molecule has 1 amide bonds. The van der Waals surface area contributed by atoms with Crippen molar-refractivity contribution in [3.05, 3.63) is 34.3 Å². The van der Waals surface area contributed by atoms with E-state index in [1.165, 1.54) is 24.3 Å². The van der Waals surface area contributed by atoms with E-state index in [1.54, 1.807) is 25.2 Å². The minimum Gasteiger partial charge on any atom is -0.393 e. The number of ketones is 1. The first-order valence-electron chi connectivity index (χ1n) is 9.18. The summed E-state index contributed by atoms with van der Waals surface area (Å²) in [7, 11) is 0. The minimum absolute atomic E-state index is 0.0720. The second-order valence-corrected chi connectivity index (χ2v) is 8.29. The zero-order valence-corrected chi connectivity index (χ0v) is 16.8. The van der Waals surface area contributed by atoms with Crippen molar-refractivity contribution >= 4 is 29.1 Å². The molecule has 7 heteroatoms. The molecule has 27 heavy (non-hydrogen) atoms. The molecule has 1 aromatic heterocycles. The van der Waals surface area contributed by atoms with Gasteiger partial charge in [-0.05, 0) is 51.2 Å². The molecule has 0 aromatic carbocycles. The fourth-order valence-electron chi connectivity index (χ4n) is 3.24. The van der Waals surface area contributed by atoms with Gasteiger partial charge in [0.15, 0.2) is 5.78 Å². The first kappa shape index (κ1) is 21.5. The maximum absolute atomic E-state index is 12.1. The van der Waals surface area contributed by atoms with Crippen molar-refractivity contribution < 1.29 is 19.8 Å². The Balaban J connectivity index is 1.86. The molecule has 1 aromatic rings. The van der Waals surface area contributed by atoms with Crippen molar-refractivity contribution in [2.75, 3.05) is 0 Å². The van der Waals surface area contributed by atoms with Crippen molar-refractivity contribution in [1.29, 1.82) is 0 Å². The largest absolute Gasteiger partial charge is 0.393 e. The van der Waals surface area contributed by atoms with Crippen LogP contribution >= 0.6 is 11.3 Å². The quantitative estimate of drug-likeness (QED) is 0.489. The molecule has 0 radical (unpaired) electrons. The molecular formula is C20H28N2O4S. The molecule has 6 nitrogen and oxygen atoms in total. The summed E-state index contributed by atoms with van der Waals surface area (Å²) in [5, 5.41) is 25.7. The lowest BCUT2D eigenvalue weighted by Gasteiger charge is -2.38. The van der Waals surface area contributed by atoms with E-state index in [0.29, 0.717) is 19.3 Å². The molecule has 4 unspecified atom stereocenters. The van der Waals surface area contributed by atoms with Gasteiger partial charge in [-0.2, -0.15) is 0 Å². The maximum atomic E-state index is 12.1. The van der Waals surface area contributed by atoms with E-state index in [2.05, 4.69) is 10.3 Å². The van der Waals surface area contributed by atoms with E-state index in [9.17, 15) is 19.8 Å². The number of amides is 1. The standard InChI is InChI=1S/C20H28N2O4S/c1-13(21-14(2)23)19-22-16(12-27-19)6-4-5-7-17(24)10-15-11-18(25)8-9-20(15,3)26/h4-7,12-13,15,18,25-26H,8-11H2,1-3H3,(H,21,23). The molecule has 1 aliphatic carbocycles. The molecule has 2 rings (SSSR count). The van der Waals surface area contributed by atoms with Gasteiger partial charge in [0, 0.05) is 18.7 Å². The van der Waals surface area contributed by atoms with Crippen LogP contribution < -0.4 is 5.32 Å². The lowest BCUT2D eigenvalue weighted by Crippen LogP contribution is -2.42. The average Bonchev–Trinajstić information content (AvgIpc) is 3.04. The summed E-state index contributed by atoms with van der Waals surface area (Å²) in [5.74, 6) is -0.392. The van der Waals surface area contributed by atoms with Gasteiger partial charge in [-0.1, -0.05) is 12.2 Å². The zero-order valence-electron chi connectivity index (χ0n) is 16.0. The van der Waals surface area contributed by atoms with Crippen LogP contribution in [0.15, 0.2) is 23.6 Å². The number of carbonyl (C=O) groups is 2. The summed E-state index contributed by atoms with van der Waals surface area (Å²) in [6.45, 7) is 5.09. The zero-order chi connectivity index (χ0) is 20.0. The molecule has 3 N–H and O–H groups in total. The van der Waals surface area contributed by atoms with Gasteiger partial charge >= 0.3 is 0 Å². The molecule has 1 saturated carbocycles. The minimum atomic E-state index is -0.903. The van der Waals surface area contributed by atoms with Crippen molar-refractivity contribution in [3.63, 3.8) is 0 Å². The van der Waals surface area contributed by atoms with E-state index in [4.69, 9.17) is 0 Å². The Morgan fingerprint density at radius 3 is 2.93 bits per heavy atom. The number of hydrogen-bond acceptors (Lipinski definition) is 6. The van der Waals surface area contributed by atoms with Gasteiger partial charge in [0.05, 0.1) is 23.4 Å². The molecule has 148 valence electrons. The fourth-order valence-corrected chi connectivity index (χ4v) is 4.03. The van der Waals surface area contributed by atoms with Crippen LogP contribution in [0.25, 0.3) is 6.08 Å². The van der Waals surface area contributed by atoms with Crippen LogP contribution in [0.1, 0.15) is 63.2 Å². The van der Waals surface area contributed by atoms with Gasteiger partial charge in [-0.15, -0.1) is 11.3 Å². The first-order chi connectivity index (χ1) is 12.7. The normalized spacial score (nSPS) is 27.1. The highest BCUT2D eigenvalue weighted by Crippen LogP contribution is 2.36. The van der Waals surface area contributed by atoms with Crippen LogP contribution in [-0.2, 0) is 9.59 Å². The highest BCUT2D eigenvalue weighted by molar-refractivity contribution is 7.09. The number of thiazole rings is 1. The van der Waals surface area contributed by atoms with Crippen LogP contribution in [0.4, 0.5) is 0 Å². The highest BCUT2D eigenvalue weighted by Gasteiger charge is 2.38. The number of aromatic nitrogens is 1. The Kier molecular flexibility index (Phi) is 7.47. The van der Waals surface area contributed by atoms with Crippen molar-refractivity contribution in [2.24, 2.45) is 5.92 Å². The van der Waals surface area contributed by atoms with Crippen LogP contribution in [-0.4, -0.2) is 38.6 Å². The molecule has 1 heterocycles. The van der Waals surface area contributed by atoms with Gasteiger partial charge in [0.25, 0.3) is 0 Å². The van der Waals surface area contributed by atoms with E-state index >= 15 is 0 Å². The third-order valence-electron chi connectivity index (χ3n) is 4.86. The number of aliphatic hydroxyl groups is 2. The third-order valence-corrected chi connectivity index (χ3v) is 5.90. The van der Waals surface area contributed by atoms with Crippen molar-refractivity contribution in [3.8, 4) is 0 Å². The molecule has 0 spiro atoms. The average molecular weight is 393 g/mol. The predicted octanol–water partition coefficient (Wildman–Crippen LogP) is 2.78. The second-order valence-electron chi connectivity index (χ2n) is 7.40. The van der Waals surface area contributed by atoms with E-state index in [-0.39, 0.29) is 30.1 Å². The Morgan fingerprint density at radius 1 is 1.48 bits per heavy atom. The third kappa shape index (κ3) is 6.68. The summed E-state index contributed by atoms with van der Waals surface area (Å²) in [6.07, 6.45) is 8.02. The Morgan fingerprint density at radius 2 is 2.22 bits per heavy atom. The van der Waals surface area contributed by atoms with Crippen molar-refractivity contribution in [2.45, 2.75) is 64.2 Å². The van der Waals surface area contributed by atoms with Crippen LogP contribution in [0.2, 0.25) is 0 Å². The summed E-state index contributed by atoms with van der Waals surface area (Å²) >= 11 is 1.47. The molecule has 1 aliphatic rings. The van der Waals surface area contributed by atoms with Crippen LogP contribution in [0, 0.1) is 5.92 Å². The molecule has 4 atom stereocenters. The van der Waals surface area contributed by atoms with Crippen LogP contribution in [0.5, 0.6) is 0 Å². The summed E-state index contributed by atoms with van der Waals surface area (Å²) in [5.41, 5.74) is -0.136. The Hall–Kier alpha value is -1.83. The molecule has 0 aliphatic heterocycles. The Labute approximate surface area is 164 Å². The molecule has 1 fully saturated rings. The lowest BCUT2D eigenvalue weighted by molar-refractivity contribution is -0.121. The number of aliphatic hydroxyl groups excluding tert-OH is 1. The van der Waals surface area contributed by atoms with E-state index < -0.39 is 11.7 Å². The molecular weight excluding hydrogens is 364 g/mol. The topological polar surface area (TPSA) is 99.5 Å². The maximum Gasteiger partial charge on any atom is 0.217 e.